The fraction of sp³-hybridized carbons (Fsp3) is 0.500. The second-order valence-electron chi connectivity index (χ2n) is 6.77. The molecule has 1 aromatic rings. The molecule has 1 saturated heterocycles. The van der Waals surface area contributed by atoms with Crippen LogP contribution in [0, 0.1) is 0 Å². The minimum absolute atomic E-state index is 0.0391. The van der Waals surface area contributed by atoms with Gasteiger partial charge in [-0.2, -0.15) is 0 Å². The zero-order valence-corrected chi connectivity index (χ0v) is 17.8. The molecule has 1 aromatic carbocycles. The van der Waals surface area contributed by atoms with Crippen LogP contribution in [0.15, 0.2) is 29.2 Å². The normalized spacial score (nSPS) is 16.3. The number of sulfonamides is 1. The first-order valence-electron chi connectivity index (χ1n) is 9.57. The van der Waals surface area contributed by atoms with Crippen LogP contribution in [-0.2, 0) is 24.3 Å². The highest BCUT2D eigenvalue weighted by molar-refractivity contribution is 7.89. The summed E-state index contributed by atoms with van der Waals surface area (Å²) in [5.74, 6) is -0.675. The molecule has 0 bridgehead atoms. The topological polar surface area (TPSA) is 102 Å². The molecule has 8 nitrogen and oxygen atoms in total. The summed E-state index contributed by atoms with van der Waals surface area (Å²) in [5.41, 5.74) is 0.475. The number of methoxy groups -OCH3 is 1. The van der Waals surface area contributed by atoms with Gasteiger partial charge in [-0.3, -0.25) is 4.79 Å². The molecule has 1 aliphatic heterocycles. The molecule has 2 rings (SSSR count). The maximum atomic E-state index is 12.5. The summed E-state index contributed by atoms with van der Waals surface area (Å²) in [5, 5.41) is 0. The van der Waals surface area contributed by atoms with E-state index >= 15 is 0 Å². The van der Waals surface area contributed by atoms with Gasteiger partial charge in [0.1, 0.15) is 10.6 Å². The Morgan fingerprint density at radius 1 is 1.17 bits per heavy atom. The Morgan fingerprint density at radius 2 is 1.83 bits per heavy atom. The number of hydrogen-bond donors (Lipinski definition) is 1. The molecule has 1 atom stereocenters. The molecule has 0 aliphatic carbocycles. The maximum Gasteiger partial charge on any atom is 0.331 e. The predicted molar refractivity (Wildman–Crippen MR) is 109 cm³/mol. The standard InChI is InChI=1S/C20H28N2O6S/c1-15(20(24)22-12-6-4-5-7-13-22)28-19(23)11-9-16-8-10-17(27-3)18(14-16)29(25,26)21-2/h8-11,14-15,21H,4-7,12-13H2,1-3H3/b11-9+/t15-/m1/s1. The van der Waals surface area contributed by atoms with Gasteiger partial charge in [0.05, 0.1) is 7.11 Å². The number of carbonyl (C=O) groups is 2. The zero-order valence-electron chi connectivity index (χ0n) is 17.0. The third-order valence-corrected chi connectivity index (χ3v) is 6.15. The molecule has 1 amide bonds. The molecule has 1 aliphatic rings. The van der Waals surface area contributed by atoms with Crippen molar-refractivity contribution in [2.24, 2.45) is 0 Å². The van der Waals surface area contributed by atoms with Gasteiger partial charge in [-0.1, -0.05) is 18.9 Å². The van der Waals surface area contributed by atoms with Crippen LogP contribution in [0.5, 0.6) is 5.75 Å². The van der Waals surface area contributed by atoms with Crippen LogP contribution < -0.4 is 9.46 Å². The van der Waals surface area contributed by atoms with Crippen molar-refractivity contribution in [2.45, 2.75) is 43.6 Å². The number of nitrogens with zero attached hydrogens (tertiary/aromatic N) is 1. The summed E-state index contributed by atoms with van der Waals surface area (Å²) in [4.78, 5) is 26.3. The average molecular weight is 425 g/mol. The van der Waals surface area contributed by atoms with Crippen LogP contribution in [0.1, 0.15) is 38.2 Å². The molecule has 0 aromatic heterocycles. The quantitative estimate of drug-likeness (QED) is 0.530. The summed E-state index contributed by atoms with van der Waals surface area (Å²) < 4.78 is 36.8. The molecule has 1 N–H and O–H groups in total. The third-order valence-electron chi connectivity index (χ3n) is 4.72. The Kier molecular flexibility index (Phi) is 8.21. The van der Waals surface area contributed by atoms with Crippen molar-refractivity contribution < 1.29 is 27.5 Å². The van der Waals surface area contributed by atoms with E-state index in [0.29, 0.717) is 18.7 Å². The van der Waals surface area contributed by atoms with Gasteiger partial charge in [-0.05, 0) is 50.6 Å². The smallest absolute Gasteiger partial charge is 0.331 e. The largest absolute Gasteiger partial charge is 0.495 e. The van der Waals surface area contributed by atoms with Crippen molar-refractivity contribution in [2.75, 3.05) is 27.2 Å². The number of rotatable bonds is 7. The highest BCUT2D eigenvalue weighted by Gasteiger charge is 2.24. The van der Waals surface area contributed by atoms with E-state index in [1.165, 1.54) is 38.4 Å². The predicted octanol–water partition coefficient (Wildman–Crippen LogP) is 1.95. The Bertz CT molecular complexity index is 858. The summed E-state index contributed by atoms with van der Waals surface area (Å²) in [6.45, 7) is 2.93. The van der Waals surface area contributed by atoms with Gasteiger partial charge in [0.25, 0.3) is 5.91 Å². The fourth-order valence-corrected chi connectivity index (χ4v) is 4.02. The minimum atomic E-state index is -3.72. The van der Waals surface area contributed by atoms with Crippen LogP contribution >= 0.6 is 0 Å². The lowest BCUT2D eigenvalue weighted by atomic mass is 10.2. The highest BCUT2D eigenvalue weighted by atomic mass is 32.2. The number of amides is 1. The Hall–Kier alpha value is -2.39. The van der Waals surface area contributed by atoms with E-state index in [2.05, 4.69) is 4.72 Å². The second kappa shape index (κ2) is 10.4. The Balaban J connectivity index is 2.04. The fourth-order valence-electron chi connectivity index (χ4n) is 3.09. The lowest BCUT2D eigenvalue weighted by Crippen LogP contribution is -2.40. The highest BCUT2D eigenvalue weighted by Crippen LogP contribution is 2.25. The number of nitrogens with one attached hydrogen (secondary N) is 1. The zero-order chi connectivity index (χ0) is 21.4. The van der Waals surface area contributed by atoms with Crippen molar-refractivity contribution in [1.29, 1.82) is 0 Å². The molecule has 0 saturated carbocycles. The van der Waals surface area contributed by atoms with E-state index in [1.54, 1.807) is 17.9 Å². The molecular weight excluding hydrogens is 396 g/mol. The van der Waals surface area contributed by atoms with E-state index in [4.69, 9.17) is 9.47 Å². The van der Waals surface area contributed by atoms with Gasteiger partial charge in [0, 0.05) is 19.2 Å². The van der Waals surface area contributed by atoms with E-state index in [0.717, 1.165) is 25.7 Å². The van der Waals surface area contributed by atoms with Gasteiger partial charge < -0.3 is 14.4 Å². The first-order valence-corrected chi connectivity index (χ1v) is 11.1. The maximum absolute atomic E-state index is 12.5. The van der Waals surface area contributed by atoms with Crippen LogP contribution in [0.2, 0.25) is 0 Å². The monoisotopic (exact) mass is 424 g/mol. The molecule has 0 radical (unpaired) electrons. The molecular formula is C20H28N2O6S. The van der Waals surface area contributed by atoms with Crippen LogP contribution in [0.25, 0.3) is 6.08 Å². The number of ether oxygens (including phenoxy) is 2. The number of carbonyl (C=O) groups excluding carboxylic acids is 2. The van der Waals surface area contributed by atoms with Crippen LogP contribution in [0.3, 0.4) is 0 Å². The average Bonchev–Trinajstić information content (AvgIpc) is 3.00. The molecule has 29 heavy (non-hydrogen) atoms. The lowest BCUT2D eigenvalue weighted by molar-refractivity contribution is -0.155. The molecule has 1 heterocycles. The van der Waals surface area contributed by atoms with Gasteiger partial charge in [0.15, 0.2) is 6.10 Å². The van der Waals surface area contributed by atoms with Crippen molar-refractivity contribution in [3.05, 3.63) is 29.8 Å². The SMILES string of the molecule is CNS(=O)(=O)c1cc(/C=C/C(=O)O[C@H](C)C(=O)N2CCCCCC2)ccc1OC. The first-order chi connectivity index (χ1) is 13.8. The lowest BCUT2D eigenvalue weighted by Gasteiger charge is -2.23. The molecule has 160 valence electrons. The van der Waals surface area contributed by atoms with E-state index in [9.17, 15) is 18.0 Å². The molecule has 0 unspecified atom stereocenters. The number of benzene rings is 1. The van der Waals surface area contributed by atoms with Crippen molar-refractivity contribution in [3.8, 4) is 5.75 Å². The molecule has 9 heteroatoms. The molecule has 1 fully saturated rings. The van der Waals surface area contributed by atoms with Crippen molar-refractivity contribution >= 4 is 28.0 Å². The van der Waals surface area contributed by atoms with Gasteiger partial charge in [-0.15, -0.1) is 0 Å². The molecule has 0 spiro atoms. The summed E-state index contributed by atoms with van der Waals surface area (Å²) >= 11 is 0. The summed E-state index contributed by atoms with van der Waals surface area (Å²) in [6, 6.07) is 4.50. The van der Waals surface area contributed by atoms with Crippen LogP contribution in [-0.4, -0.2) is 58.5 Å². The van der Waals surface area contributed by atoms with Gasteiger partial charge in [-0.25, -0.2) is 17.9 Å². The van der Waals surface area contributed by atoms with E-state index in [-0.39, 0.29) is 16.6 Å². The number of hydrogen-bond acceptors (Lipinski definition) is 6. The van der Waals surface area contributed by atoms with Crippen LogP contribution in [0.4, 0.5) is 0 Å². The van der Waals surface area contributed by atoms with Gasteiger partial charge in [0.2, 0.25) is 10.0 Å². The van der Waals surface area contributed by atoms with Crippen molar-refractivity contribution in [3.63, 3.8) is 0 Å². The Labute approximate surface area is 171 Å². The third kappa shape index (κ3) is 6.30. The summed E-state index contributed by atoms with van der Waals surface area (Å²) in [6.07, 6.45) is 5.86. The summed E-state index contributed by atoms with van der Waals surface area (Å²) in [7, 11) is -1.05. The number of likely N-dealkylation sites (tertiary alicyclic amines) is 1. The Morgan fingerprint density at radius 3 is 2.41 bits per heavy atom. The van der Waals surface area contributed by atoms with Crippen molar-refractivity contribution in [1.82, 2.24) is 9.62 Å². The van der Waals surface area contributed by atoms with E-state index in [1.807, 2.05) is 0 Å². The second-order valence-corrected chi connectivity index (χ2v) is 8.62. The first kappa shape index (κ1) is 22.9. The van der Waals surface area contributed by atoms with E-state index < -0.39 is 22.1 Å². The minimum Gasteiger partial charge on any atom is -0.495 e. The number of esters is 1. The van der Waals surface area contributed by atoms with Gasteiger partial charge >= 0.3 is 5.97 Å².